The molecule has 0 saturated carbocycles. The molecule has 0 unspecified atom stereocenters. The molecule has 4 nitrogen and oxygen atoms in total. The van der Waals surface area contributed by atoms with Crippen molar-refractivity contribution in [1.82, 2.24) is 0 Å². The average molecular weight is 433 g/mol. The van der Waals surface area contributed by atoms with Gasteiger partial charge in [-0.2, -0.15) is 0 Å². The van der Waals surface area contributed by atoms with Crippen LogP contribution in [0.25, 0.3) is 0 Å². The number of hydrogen-bond donors (Lipinski definition) is 1. The molecule has 32 heavy (non-hydrogen) atoms. The first-order valence-corrected chi connectivity index (χ1v) is 11.4. The maximum atomic E-state index is 12.6. The molecule has 0 heterocycles. The molecular formula is C28H36N2O2. The molecule has 2 aromatic carbocycles. The minimum atomic E-state index is -0.155. The number of Topliss-reactive ketones (excluding diaryl/α,β-unsaturated/α-hetero) is 1. The lowest BCUT2D eigenvalue weighted by atomic mass is 10.0. The van der Waals surface area contributed by atoms with E-state index in [2.05, 4.69) is 48.3 Å². The van der Waals surface area contributed by atoms with E-state index in [1.165, 1.54) is 11.3 Å². The Morgan fingerprint density at radius 2 is 1.81 bits per heavy atom. The fourth-order valence-electron chi connectivity index (χ4n) is 3.67. The minimum absolute atomic E-state index is 0.0121. The lowest BCUT2D eigenvalue weighted by Gasteiger charge is -2.26. The Labute approximate surface area is 193 Å². The maximum absolute atomic E-state index is 12.6. The number of carbonyl (C=O) groups excluding carboxylic acids is 2. The highest BCUT2D eigenvalue weighted by Crippen LogP contribution is 2.23. The van der Waals surface area contributed by atoms with Gasteiger partial charge in [-0.25, -0.2) is 0 Å². The first kappa shape index (κ1) is 25.1. The lowest BCUT2D eigenvalue weighted by molar-refractivity contribution is -0.112. The third-order valence-electron chi connectivity index (χ3n) is 5.49. The topological polar surface area (TPSA) is 49.4 Å². The highest BCUT2D eigenvalue weighted by atomic mass is 16.1. The summed E-state index contributed by atoms with van der Waals surface area (Å²) in [6.07, 6.45) is 8.36. The van der Waals surface area contributed by atoms with Gasteiger partial charge in [-0.05, 0) is 70.2 Å². The predicted octanol–water partition coefficient (Wildman–Crippen LogP) is 6.51. The zero-order valence-corrected chi connectivity index (χ0v) is 20.1. The van der Waals surface area contributed by atoms with Crippen LogP contribution in [0.15, 0.2) is 66.3 Å². The number of aryl methyl sites for hydroxylation is 2. The quantitative estimate of drug-likeness (QED) is 0.250. The van der Waals surface area contributed by atoms with E-state index in [0.717, 1.165) is 37.9 Å². The third kappa shape index (κ3) is 7.23. The van der Waals surface area contributed by atoms with Crippen LogP contribution in [0, 0.1) is 6.92 Å². The standard InChI is InChI=1S/C28H36N2O2/c1-6-8-12-22(4)28(32)29-26-20-25(23(5)31)17-16-24(26)14-11-19-30(18-7-2)27-15-10-9-13-21(27)3/h6,8-10,12-13,15-17,20H,7,11,14,18-19H2,1-5H3,(H,29,32)/b8-6-,22-12+. The molecule has 0 radical (unpaired) electrons. The second-order valence-corrected chi connectivity index (χ2v) is 8.13. The van der Waals surface area contributed by atoms with E-state index in [-0.39, 0.29) is 11.7 Å². The van der Waals surface area contributed by atoms with Crippen molar-refractivity contribution in [2.24, 2.45) is 0 Å². The fraction of sp³-hybridized carbons (Fsp3) is 0.357. The molecular weight excluding hydrogens is 396 g/mol. The van der Waals surface area contributed by atoms with Crippen molar-refractivity contribution in [3.63, 3.8) is 0 Å². The van der Waals surface area contributed by atoms with Crippen molar-refractivity contribution in [1.29, 1.82) is 0 Å². The SMILES string of the molecule is C/C=C\C=C(/C)C(=O)Nc1cc(C(C)=O)ccc1CCCN(CCC)c1ccccc1C. The number of nitrogens with one attached hydrogen (secondary N) is 1. The molecule has 2 rings (SSSR count). The number of hydrogen-bond acceptors (Lipinski definition) is 3. The summed E-state index contributed by atoms with van der Waals surface area (Å²) in [5.74, 6) is -0.167. The predicted molar refractivity (Wildman–Crippen MR) is 136 cm³/mol. The number of allylic oxidation sites excluding steroid dienone is 3. The van der Waals surface area contributed by atoms with Gasteiger partial charge in [-0.1, -0.05) is 55.5 Å². The van der Waals surface area contributed by atoms with Gasteiger partial charge >= 0.3 is 0 Å². The second kappa shape index (κ2) is 12.7. The van der Waals surface area contributed by atoms with Gasteiger partial charge in [0.05, 0.1) is 0 Å². The second-order valence-electron chi connectivity index (χ2n) is 8.13. The molecule has 0 atom stereocenters. The molecule has 170 valence electrons. The smallest absolute Gasteiger partial charge is 0.251 e. The first-order valence-electron chi connectivity index (χ1n) is 11.4. The van der Waals surface area contributed by atoms with E-state index >= 15 is 0 Å². The Bertz CT molecular complexity index is 989. The summed E-state index contributed by atoms with van der Waals surface area (Å²) >= 11 is 0. The van der Waals surface area contributed by atoms with Crippen LogP contribution in [-0.2, 0) is 11.2 Å². The average Bonchev–Trinajstić information content (AvgIpc) is 2.78. The maximum Gasteiger partial charge on any atom is 0.251 e. The molecule has 1 N–H and O–H groups in total. The zero-order valence-electron chi connectivity index (χ0n) is 20.1. The lowest BCUT2D eigenvalue weighted by Crippen LogP contribution is -2.26. The van der Waals surface area contributed by atoms with Crippen LogP contribution in [0.1, 0.15) is 62.0 Å². The number of benzene rings is 2. The Hall–Kier alpha value is -3.14. The van der Waals surface area contributed by atoms with Crippen LogP contribution in [0.3, 0.4) is 0 Å². The number of rotatable bonds is 11. The van der Waals surface area contributed by atoms with Crippen LogP contribution in [0.2, 0.25) is 0 Å². The molecule has 0 spiro atoms. The van der Waals surface area contributed by atoms with Gasteiger partial charge < -0.3 is 10.2 Å². The summed E-state index contributed by atoms with van der Waals surface area (Å²) in [5.41, 5.74) is 5.54. The molecule has 0 aliphatic heterocycles. The van der Waals surface area contributed by atoms with Gasteiger partial charge in [0.15, 0.2) is 5.78 Å². The summed E-state index contributed by atoms with van der Waals surface area (Å²) in [6, 6.07) is 14.1. The van der Waals surface area contributed by atoms with Crippen LogP contribution in [0.4, 0.5) is 11.4 Å². The Morgan fingerprint density at radius 1 is 1.06 bits per heavy atom. The summed E-state index contributed by atoms with van der Waals surface area (Å²) in [6.45, 7) is 11.5. The van der Waals surface area contributed by atoms with E-state index in [4.69, 9.17) is 0 Å². The molecule has 0 aromatic heterocycles. The van der Waals surface area contributed by atoms with Crippen LogP contribution >= 0.6 is 0 Å². The summed E-state index contributed by atoms with van der Waals surface area (Å²) in [5, 5.41) is 3.01. The van der Waals surface area contributed by atoms with E-state index in [1.807, 2.05) is 31.2 Å². The summed E-state index contributed by atoms with van der Waals surface area (Å²) in [4.78, 5) is 27.0. The van der Waals surface area contributed by atoms with E-state index in [9.17, 15) is 9.59 Å². The summed E-state index contributed by atoms with van der Waals surface area (Å²) in [7, 11) is 0. The number of nitrogens with zero attached hydrogens (tertiary/aromatic N) is 1. The van der Waals surface area contributed by atoms with Gasteiger partial charge in [-0.3, -0.25) is 9.59 Å². The number of para-hydroxylation sites is 1. The minimum Gasteiger partial charge on any atom is -0.371 e. The zero-order chi connectivity index (χ0) is 23.5. The van der Waals surface area contributed by atoms with Crippen molar-refractivity contribution in [2.45, 2.75) is 53.9 Å². The van der Waals surface area contributed by atoms with Crippen molar-refractivity contribution in [3.8, 4) is 0 Å². The normalized spacial score (nSPS) is 11.6. The highest BCUT2D eigenvalue weighted by molar-refractivity contribution is 6.05. The van der Waals surface area contributed by atoms with Crippen LogP contribution in [-0.4, -0.2) is 24.8 Å². The van der Waals surface area contributed by atoms with Crippen molar-refractivity contribution in [3.05, 3.63) is 83.0 Å². The Morgan fingerprint density at radius 3 is 2.47 bits per heavy atom. The van der Waals surface area contributed by atoms with Gasteiger partial charge in [0.2, 0.25) is 0 Å². The number of anilines is 2. The molecule has 0 fully saturated rings. The first-order chi connectivity index (χ1) is 15.4. The van der Waals surface area contributed by atoms with Gasteiger partial charge in [-0.15, -0.1) is 0 Å². The summed E-state index contributed by atoms with van der Waals surface area (Å²) < 4.78 is 0. The molecule has 1 amide bonds. The molecule has 0 bridgehead atoms. The fourth-order valence-corrected chi connectivity index (χ4v) is 3.67. The molecule has 2 aromatic rings. The van der Waals surface area contributed by atoms with E-state index < -0.39 is 0 Å². The highest BCUT2D eigenvalue weighted by Gasteiger charge is 2.13. The van der Waals surface area contributed by atoms with E-state index in [0.29, 0.717) is 16.8 Å². The van der Waals surface area contributed by atoms with Crippen molar-refractivity contribution in [2.75, 3.05) is 23.3 Å². The molecule has 4 heteroatoms. The van der Waals surface area contributed by atoms with Gasteiger partial charge in [0.1, 0.15) is 0 Å². The molecule has 0 aliphatic rings. The Balaban J connectivity index is 2.18. The van der Waals surface area contributed by atoms with Crippen LogP contribution in [0.5, 0.6) is 0 Å². The van der Waals surface area contributed by atoms with Gasteiger partial charge in [0.25, 0.3) is 5.91 Å². The Kier molecular flexibility index (Phi) is 9.93. The van der Waals surface area contributed by atoms with Crippen molar-refractivity contribution >= 4 is 23.1 Å². The number of carbonyl (C=O) groups is 2. The third-order valence-corrected chi connectivity index (χ3v) is 5.49. The number of ketones is 1. The van der Waals surface area contributed by atoms with Gasteiger partial charge in [0, 0.05) is 35.6 Å². The molecule has 0 aliphatic carbocycles. The van der Waals surface area contributed by atoms with E-state index in [1.54, 1.807) is 26.0 Å². The largest absolute Gasteiger partial charge is 0.371 e. The monoisotopic (exact) mass is 432 g/mol. The molecule has 0 saturated heterocycles. The van der Waals surface area contributed by atoms with Crippen molar-refractivity contribution < 1.29 is 9.59 Å². The van der Waals surface area contributed by atoms with Crippen LogP contribution < -0.4 is 10.2 Å². The number of amides is 1.